The number of nitrogen functional groups attached to an aromatic ring is 1. The molecule has 1 amide bonds. The number of rotatable bonds is 4. The number of amides is 1. The van der Waals surface area contributed by atoms with E-state index in [9.17, 15) is 4.79 Å². The first kappa shape index (κ1) is 14.5. The van der Waals surface area contributed by atoms with E-state index in [0.29, 0.717) is 31.4 Å². The van der Waals surface area contributed by atoms with E-state index < -0.39 is 6.04 Å². The monoisotopic (exact) mass is 280 g/mol. The standard InChI is InChI=1S/C12H20N6O2/c1-8(2)16-12(19)9-6-20-4-3-18(9)11-5-10(17-13)14-7-15-11/h5,7-9H,3-4,6,13H2,1-2H3,(H,16,19)(H,14,15,17). The summed E-state index contributed by atoms with van der Waals surface area (Å²) in [5.41, 5.74) is 2.47. The lowest BCUT2D eigenvalue weighted by atomic mass is 10.2. The largest absolute Gasteiger partial charge is 0.377 e. The Balaban J connectivity index is 2.19. The lowest BCUT2D eigenvalue weighted by Gasteiger charge is -2.35. The number of hydrogen-bond donors (Lipinski definition) is 3. The maximum Gasteiger partial charge on any atom is 0.245 e. The third-order valence-corrected chi connectivity index (χ3v) is 2.96. The van der Waals surface area contributed by atoms with Crippen LogP contribution in [-0.4, -0.2) is 47.7 Å². The highest BCUT2D eigenvalue weighted by Crippen LogP contribution is 2.19. The van der Waals surface area contributed by atoms with Gasteiger partial charge in [0.05, 0.1) is 13.2 Å². The van der Waals surface area contributed by atoms with Gasteiger partial charge in [-0.05, 0) is 13.8 Å². The van der Waals surface area contributed by atoms with E-state index in [0.717, 1.165) is 0 Å². The highest BCUT2D eigenvalue weighted by Gasteiger charge is 2.30. The molecule has 0 aromatic carbocycles. The third kappa shape index (κ3) is 3.34. The van der Waals surface area contributed by atoms with Crippen LogP contribution in [0.5, 0.6) is 0 Å². The number of carbonyl (C=O) groups is 1. The fraction of sp³-hybridized carbons (Fsp3) is 0.583. The minimum Gasteiger partial charge on any atom is -0.377 e. The van der Waals surface area contributed by atoms with Crippen LogP contribution in [0.3, 0.4) is 0 Å². The molecule has 0 aliphatic carbocycles. The SMILES string of the molecule is CC(C)NC(=O)C1COCCN1c1cc(NN)ncn1. The summed E-state index contributed by atoms with van der Waals surface area (Å²) in [7, 11) is 0. The minimum absolute atomic E-state index is 0.0689. The molecular weight excluding hydrogens is 260 g/mol. The van der Waals surface area contributed by atoms with Gasteiger partial charge in [-0.25, -0.2) is 15.8 Å². The Labute approximate surface area is 117 Å². The van der Waals surface area contributed by atoms with Crippen molar-refractivity contribution in [2.75, 3.05) is 30.1 Å². The number of nitrogens with one attached hydrogen (secondary N) is 2. The number of ether oxygens (including phenoxy) is 1. The van der Waals surface area contributed by atoms with Crippen LogP contribution < -0.4 is 21.5 Å². The predicted octanol–water partition coefficient (Wildman–Crippen LogP) is -0.508. The molecule has 0 spiro atoms. The zero-order valence-corrected chi connectivity index (χ0v) is 11.7. The maximum absolute atomic E-state index is 12.2. The molecule has 0 saturated carbocycles. The fourth-order valence-corrected chi connectivity index (χ4v) is 2.06. The van der Waals surface area contributed by atoms with Gasteiger partial charge in [0.1, 0.15) is 24.0 Å². The first-order valence-electron chi connectivity index (χ1n) is 6.55. The predicted molar refractivity (Wildman–Crippen MR) is 75.1 cm³/mol. The normalized spacial score (nSPS) is 19.0. The van der Waals surface area contributed by atoms with Crippen molar-refractivity contribution in [1.29, 1.82) is 0 Å². The Hall–Kier alpha value is -1.93. The number of nitrogens with two attached hydrogens (primary N) is 1. The Kier molecular flexibility index (Phi) is 4.70. The van der Waals surface area contributed by atoms with Gasteiger partial charge in [-0.3, -0.25) is 4.79 Å². The lowest BCUT2D eigenvalue weighted by Crippen LogP contribution is -2.55. The number of aromatic nitrogens is 2. The quantitative estimate of drug-likeness (QED) is 0.504. The second-order valence-electron chi connectivity index (χ2n) is 4.85. The van der Waals surface area contributed by atoms with Crippen molar-refractivity contribution in [3.8, 4) is 0 Å². The fourth-order valence-electron chi connectivity index (χ4n) is 2.06. The molecule has 1 saturated heterocycles. The van der Waals surface area contributed by atoms with Crippen LogP contribution >= 0.6 is 0 Å². The molecule has 0 radical (unpaired) electrons. The number of hydrazine groups is 1. The van der Waals surface area contributed by atoms with Gasteiger partial charge in [0.25, 0.3) is 0 Å². The van der Waals surface area contributed by atoms with Crippen molar-refractivity contribution >= 4 is 17.5 Å². The Morgan fingerprint density at radius 3 is 3.05 bits per heavy atom. The number of nitrogens with zero attached hydrogens (tertiary/aromatic N) is 3. The van der Waals surface area contributed by atoms with Crippen LogP contribution in [0.2, 0.25) is 0 Å². The summed E-state index contributed by atoms with van der Waals surface area (Å²) in [6.07, 6.45) is 1.41. The Morgan fingerprint density at radius 2 is 2.35 bits per heavy atom. The van der Waals surface area contributed by atoms with Gasteiger partial charge in [-0.2, -0.15) is 0 Å². The summed E-state index contributed by atoms with van der Waals surface area (Å²) < 4.78 is 5.41. The van der Waals surface area contributed by atoms with Crippen molar-refractivity contribution < 1.29 is 9.53 Å². The summed E-state index contributed by atoms with van der Waals surface area (Å²) >= 11 is 0. The van der Waals surface area contributed by atoms with Crippen LogP contribution in [-0.2, 0) is 9.53 Å². The van der Waals surface area contributed by atoms with E-state index in [-0.39, 0.29) is 11.9 Å². The molecular formula is C12H20N6O2. The smallest absolute Gasteiger partial charge is 0.245 e. The van der Waals surface area contributed by atoms with Crippen LogP contribution in [0.25, 0.3) is 0 Å². The molecule has 0 bridgehead atoms. The van der Waals surface area contributed by atoms with E-state index in [2.05, 4.69) is 20.7 Å². The summed E-state index contributed by atoms with van der Waals surface area (Å²) in [5, 5.41) is 2.90. The number of carbonyl (C=O) groups excluding carboxylic acids is 1. The molecule has 1 aromatic heterocycles. The zero-order valence-electron chi connectivity index (χ0n) is 11.7. The van der Waals surface area contributed by atoms with Gasteiger partial charge >= 0.3 is 0 Å². The lowest BCUT2D eigenvalue weighted by molar-refractivity contribution is -0.125. The first-order chi connectivity index (χ1) is 9.61. The molecule has 2 rings (SSSR count). The van der Waals surface area contributed by atoms with Crippen LogP contribution in [0.1, 0.15) is 13.8 Å². The zero-order chi connectivity index (χ0) is 14.5. The van der Waals surface area contributed by atoms with Gasteiger partial charge in [-0.15, -0.1) is 0 Å². The summed E-state index contributed by atoms with van der Waals surface area (Å²) in [5.74, 6) is 6.43. The van der Waals surface area contributed by atoms with Gasteiger partial charge in [0.15, 0.2) is 0 Å². The third-order valence-electron chi connectivity index (χ3n) is 2.96. The molecule has 8 nitrogen and oxygen atoms in total. The van der Waals surface area contributed by atoms with Gasteiger partial charge in [0.2, 0.25) is 5.91 Å². The van der Waals surface area contributed by atoms with E-state index in [1.54, 1.807) is 6.07 Å². The van der Waals surface area contributed by atoms with E-state index in [4.69, 9.17) is 10.6 Å². The van der Waals surface area contributed by atoms with Gasteiger partial charge < -0.3 is 20.4 Å². The molecule has 1 aliphatic heterocycles. The summed E-state index contributed by atoms with van der Waals surface area (Å²) in [6.45, 7) is 5.34. The molecule has 20 heavy (non-hydrogen) atoms. The van der Waals surface area contributed by atoms with Gasteiger partial charge in [0, 0.05) is 18.7 Å². The van der Waals surface area contributed by atoms with Crippen molar-refractivity contribution in [2.45, 2.75) is 25.9 Å². The molecule has 4 N–H and O–H groups in total. The highest BCUT2D eigenvalue weighted by atomic mass is 16.5. The molecule has 2 heterocycles. The summed E-state index contributed by atoms with van der Waals surface area (Å²) in [4.78, 5) is 22.3. The van der Waals surface area contributed by atoms with Crippen LogP contribution in [0, 0.1) is 0 Å². The van der Waals surface area contributed by atoms with Crippen LogP contribution in [0.15, 0.2) is 12.4 Å². The number of morpholine rings is 1. The molecule has 1 atom stereocenters. The Morgan fingerprint density at radius 1 is 1.55 bits per heavy atom. The van der Waals surface area contributed by atoms with Crippen molar-refractivity contribution in [3.63, 3.8) is 0 Å². The van der Waals surface area contributed by atoms with E-state index in [1.165, 1.54) is 6.33 Å². The summed E-state index contributed by atoms with van der Waals surface area (Å²) in [6, 6.07) is 1.39. The average molecular weight is 280 g/mol. The molecule has 1 aromatic rings. The molecule has 110 valence electrons. The Bertz CT molecular complexity index is 467. The first-order valence-corrected chi connectivity index (χ1v) is 6.55. The van der Waals surface area contributed by atoms with Crippen LogP contribution in [0.4, 0.5) is 11.6 Å². The number of anilines is 2. The second kappa shape index (κ2) is 6.49. The van der Waals surface area contributed by atoms with Crippen molar-refractivity contribution in [2.24, 2.45) is 5.84 Å². The van der Waals surface area contributed by atoms with Crippen molar-refractivity contribution in [3.05, 3.63) is 12.4 Å². The molecule has 1 aliphatic rings. The molecule has 1 fully saturated rings. The topological polar surface area (TPSA) is 105 Å². The van der Waals surface area contributed by atoms with E-state index >= 15 is 0 Å². The molecule has 8 heteroatoms. The van der Waals surface area contributed by atoms with E-state index in [1.807, 2.05) is 18.7 Å². The molecule has 1 unspecified atom stereocenters. The minimum atomic E-state index is -0.397. The van der Waals surface area contributed by atoms with Crippen molar-refractivity contribution in [1.82, 2.24) is 15.3 Å². The second-order valence-corrected chi connectivity index (χ2v) is 4.85. The maximum atomic E-state index is 12.2. The van der Waals surface area contributed by atoms with Gasteiger partial charge in [-0.1, -0.05) is 0 Å². The highest BCUT2D eigenvalue weighted by molar-refractivity contribution is 5.85. The average Bonchev–Trinajstić information content (AvgIpc) is 2.46. The number of hydrogen-bond acceptors (Lipinski definition) is 7.